The van der Waals surface area contributed by atoms with Gasteiger partial charge in [0, 0.05) is 0 Å². The van der Waals surface area contributed by atoms with E-state index in [4.69, 9.17) is 13.9 Å². The molecular formula is C19H18N4O5S. The summed E-state index contributed by atoms with van der Waals surface area (Å²) in [5, 5.41) is 7.92. The number of nitrogens with one attached hydrogen (secondary N) is 2. The summed E-state index contributed by atoms with van der Waals surface area (Å²) >= 11 is 1.04. The maximum atomic E-state index is 11.8. The highest BCUT2D eigenvalue weighted by Gasteiger charge is 2.11. The topological polar surface area (TPSA) is 116 Å². The van der Waals surface area contributed by atoms with Gasteiger partial charge in [-0.1, -0.05) is 48.2 Å². The maximum absolute atomic E-state index is 11.8. The monoisotopic (exact) mass is 414 g/mol. The quantitative estimate of drug-likeness (QED) is 0.403. The van der Waals surface area contributed by atoms with Crippen molar-refractivity contribution in [1.82, 2.24) is 21.0 Å². The predicted octanol–water partition coefficient (Wildman–Crippen LogP) is 1.97. The molecule has 0 saturated carbocycles. The van der Waals surface area contributed by atoms with Gasteiger partial charge >= 0.3 is 0 Å². The summed E-state index contributed by atoms with van der Waals surface area (Å²) in [6.07, 6.45) is 0. The third kappa shape index (κ3) is 7.18. The van der Waals surface area contributed by atoms with E-state index >= 15 is 0 Å². The fraction of sp³-hybridized carbons (Fsp3) is 0.158. The van der Waals surface area contributed by atoms with Gasteiger partial charge in [0.25, 0.3) is 17.0 Å². The van der Waals surface area contributed by atoms with Crippen LogP contribution in [0.3, 0.4) is 0 Å². The summed E-state index contributed by atoms with van der Waals surface area (Å²) in [5.74, 6) is 0.622. The lowest BCUT2D eigenvalue weighted by Gasteiger charge is -2.08. The standard InChI is InChI=1S/C19H18N4O5S/c24-16(11-26-14-7-3-1-4-8-14)20-21-17(25)13-29-19-23-22-18(28-19)12-27-15-9-5-2-6-10-15/h1-10H,11-13H2,(H,20,24)(H,21,25). The van der Waals surface area contributed by atoms with Gasteiger partial charge in [-0.15, -0.1) is 10.2 Å². The van der Waals surface area contributed by atoms with Gasteiger partial charge in [0.1, 0.15) is 11.5 Å². The van der Waals surface area contributed by atoms with E-state index in [9.17, 15) is 9.59 Å². The number of rotatable bonds is 9. The summed E-state index contributed by atoms with van der Waals surface area (Å²) in [4.78, 5) is 23.5. The second kappa shape index (κ2) is 10.7. The molecule has 0 radical (unpaired) electrons. The molecule has 2 aromatic carbocycles. The van der Waals surface area contributed by atoms with Crippen molar-refractivity contribution < 1.29 is 23.5 Å². The molecule has 3 aromatic rings. The van der Waals surface area contributed by atoms with Crippen molar-refractivity contribution in [3.63, 3.8) is 0 Å². The number of ether oxygens (including phenoxy) is 2. The number of hydrogen-bond acceptors (Lipinski definition) is 8. The zero-order valence-electron chi connectivity index (χ0n) is 15.2. The maximum Gasteiger partial charge on any atom is 0.277 e. The number of para-hydroxylation sites is 2. The lowest BCUT2D eigenvalue weighted by molar-refractivity contribution is -0.128. The smallest absolute Gasteiger partial charge is 0.277 e. The second-order valence-corrected chi connectivity index (χ2v) is 6.48. The first kappa shape index (κ1) is 20.2. The van der Waals surface area contributed by atoms with Gasteiger partial charge < -0.3 is 13.9 Å². The molecule has 0 unspecified atom stereocenters. The number of nitrogens with zero attached hydrogens (tertiary/aromatic N) is 2. The van der Waals surface area contributed by atoms with E-state index in [1.54, 1.807) is 24.3 Å². The zero-order valence-corrected chi connectivity index (χ0v) is 16.1. The van der Waals surface area contributed by atoms with Gasteiger partial charge in [-0.3, -0.25) is 20.4 Å². The highest BCUT2D eigenvalue weighted by Crippen LogP contribution is 2.17. The molecule has 0 saturated heterocycles. The van der Waals surface area contributed by atoms with E-state index in [0.29, 0.717) is 17.4 Å². The van der Waals surface area contributed by atoms with Crippen molar-refractivity contribution in [2.45, 2.75) is 11.8 Å². The highest BCUT2D eigenvalue weighted by atomic mass is 32.2. The Kier molecular flexibility index (Phi) is 7.47. The molecule has 1 heterocycles. The molecule has 2 N–H and O–H groups in total. The van der Waals surface area contributed by atoms with Crippen molar-refractivity contribution >= 4 is 23.6 Å². The first-order valence-corrected chi connectivity index (χ1v) is 9.56. The van der Waals surface area contributed by atoms with Gasteiger partial charge in [-0.05, 0) is 24.3 Å². The lowest BCUT2D eigenvalue weighted by Crippen LogP contribution is -2.44. The molecule has 0 aliphatic rings. The van der Waals surface area contributed by atoms with E-state index in [1.807, 2.05) is 36.4 Å². The van der Waals surface area contributed by atoms with Crippen molar-refractivity contribution in [1.29, 1.82) is 0 Å². The van der Waals surface area contributed by atoms with Crippen LogP contribution in [-0.2, 0) is 16.2 Å². The molecule has 0 aliphatic carbocycles. The SMILES string of the molecule is O=C(COc1ccccc1)NNC(=O)CSc1nnc(COc2ccccc2)o1. The van der Waals surface area contributed by atoms with Crippen molar-refractivity contribution in [3.05, 3.63) is 66.6 Å². The molecule has 3 rings (SSSR count). The Morgan fingerprint density at radius 2 is 1.48 bits per heavy atom. The first-order chi connectivity index (χ1) is 14.2. The number of carbonyl (C=O) groups is 2. The summed E-state index contributed by atoms with van der Waals surface area (Å²) < 4.78 is 16.2. The van der Waals surface area contributed by atoms with Crippen LogP contribution in [0.1, 0.15) is 5.89 Å². The van der Waals surface area contributed by atoms with Crippen LogP contribution in [0, 0.1) is 0 Å². The number of thioether (sulfide) groups is 1. The average Bonchev–Trinajstić information content (AvgIpc) is 3.23. The molecule has 10 heteroatoms. The van der Waals surface area contributed by atoms with Crippen molar-refractivity contribution in [2.24, 2.45) is 0 Å². The van der Waals surface area contributed by atoms with E-state index in [1.165, 1.54) is 0 Å². The summed E-state index contributed by atoms with van der Waals surface area (Å²) in [7, 11) is 0. The second-order valence-electron chi connectivity index (χ2n) is 5.55. The molecule has 29 heavy (non-hydrogen) atoms. The Hall–Kier alpha value is -3.53. The van der Waals surface area contributed by atoms with Gasteiger partial charge in [0.15, 0.2) is 13.2 Å². The van der Waals surface area contributed by atoms with Crippen LogP contribution in [0.5, 0.6) is 11.5 Å². The van der Waals surface area contributed by atoms with Gasteiger partial charge in [0.05, 0.1) is 5.75 Å². The Morgan fingerprint density at radius 1 is 0.862 bits per heavy atom. The zero-order chi connectivity index (χ0) is 20.3. The number of hydrogen-bond donors (Lipinski definition) is 2. The van der Waals surface area contributed by atoms with Crippen LogP contribution >= 0.6 is 11.8 Å². The van der Waals surface area contributed by atoms with E-state index in [0.717, 1.165) is 11.8 Å². The van der Waals surface area contributed by atoms with Crippen LogP contribution in [0.25, 0.3) is 0 Å². The largest absolute Gasteiger partial charge is 0.484 e. The Morgan fingerprint density at radius 3 is 2.17 bits per heavy atom. The van der Waals surface area contributed by atoms with Gasteiger partial charge in [-0.2, -0.15) is 0 Å². The average molecular weight is 414 g/mol. The summed E-state index contributed by atoms with van der Waals surface area (Å²) in [6.45, 7) is -0.0902. The molecule has 0 spiro atoms. The summed E-state index contributed by atoms with van der Waals surface area (Å²) in [5.41, 5.74) is 4.56. The predicted molar refractivity (Wildman–Crippen MR) is 104 cm³/mol. The molecule has 150 valence electrons. The Bertz CT molecular complexity index is 921. The molecule has 2 amide bonds. The van der Waals surface area contributed by atoms with Gasteiger partial charge in [-0.25, -0.2) is 0 Å². The third-order valence-electron chi connectivity index (χ3n) is 3.34. The normalized spacial score (nSPS) is 10.2. The van der Waals surface area contributed by atoms with Crippen molar-refractivity contribution in [3.8, 4) is 11.5 Å². The lowest BCUT2D eigenvalue weighted by atomic mass is 10.3. The minimum Gasteiger partial charge on any atom is -0.484 e. The van der Waals surface area contributed by atoms with Crippen LogP contribution in [0.15, 0.2) is 70.3 Å². The molecule has 9 nitrogen and oxygen atoms in total. The number of aromatic nitrogens is 2. The number of amides is 2. The van der Waals surface area contributed by atoms with E-state index < -0.39 is 11.8 Å². The number of carbonyl (C=O) groups excluding carboxylic acids is 2. The van der Waals surface area contributed by atoms with E-state index in [-0.39, 0.29) is 24.2 Å². The van der Waals surface area contributed by atoms with Crippen LogP contribution in [0.4, 0.5) is 0 Å². The fourth-order valence-electron chi connectivity index (χ4n) is 2.02. The first-order valence-electron chi connectivity index (χ1n) is 8.57. The Balaban J connectivity index is 1.32. The van der Waals surface area contributed by atoms with Gasteiger partial charge in [0.2, 0.25) is 5.91 Å². The molecule has 0 fully saturated rings. The van der Waals surface area contributed by atoms with Crippen LogP contribution < -0.4 is 20.3 Å². The molecule has 0 bridgehead atoms. The molecule has 0 atom stereocenters. The Labute approximate surface area is 170 Å². The van der Waals surface area contributed by atoms with Crippen LogP contribution in [0.2, 0.25) is 0 Å². The molecule has 1 aromatic heterocycles. The van der Waals surface area contributed by atoms with E-state index in [2.05, 4.69) is 21.0 Å². The minimum atomic E-state index is -0.481. The number of benzene rings is 2. The summed E-state index contributed by atoms with van der Waals surface area (Å²) in [6, 6.07) is 18.1. The third-order valence-corrected chi connectivity index (χ3v) is 4.15. The molecule has 0 aliphatic heterocycles. The molecular weight excluding hydrogens is 396 g/mol. The van der Waals surface area contributed by atoms with Crippen LogP contribution in [-0.4, -0.2) is 34.4 Å². The number of hydrazine groups is 1. The minimum absolute atomic E-state index is 0.0129. The highest BCUT2D eigenvalue weighted by molar-refractivity contribution is 7.99. The fourth-order valence-corrected chi connectivity index (χ4v) is 2.60. The van der Waals surface area contributed by atoms with Crippen molar-refractivity contribution in [2.75, 3.05) is 12.4 Å².